The predicted molar refractivity (Wildman–Crippen MR) is 140 cm³/mol. The third-order valence-electron chi connectivity index (χ3n) is 7.97. The van der Waals surface area contributed by atoms with Crippen LogP contribution in [0.5, 0.6) is 5.75 Å². The number of hydrogen-bond donors (Lipinski definition) is 4. The topological polar surface area (TPSA) is 105 Å². The van der Waals surface area contributed by atoms with Gasteiger partial charge in [0, 0.05) is 49.2 Å². The molecule has 0 amide bonds. The number of aliphatic hydroxyl groups is 2. The van der Waals surface area contributed by atoms with E-state index in [1.54, 1.807) is 23.1 Å². The van der Waals surface area contributed by atoms with E-state index in [9.17, 15) is 15.3 Å². The summed E-state index contributed by atoms with van der Waals surface area (Å²) in [7, 11) is 0. The number of hydrogen-bond acceptors (Lipinski definition) is 8. The largest absolute Gasteiger partial charge is 0.508 e. The number of nitrogens with zero attached hydrogens (tertiary/aromatic N) is 4. The highest BCUT2D eigenvalue weighted by Gasteiger charge is 2.36. The summed E-state index contributed by atoms with van der Waals surface area (Å²) in [5, 5.41) is 36.6. The Bertz CT molecular complexity index is 1510. The summed E-state index contributed by atoms with van der Waals surface area (Å²) in [6.45, 7) is 1.90. The lowest BCUT2D eigenvalue weighted by atomic mass is 9.96. The van der Waals surface area contributed by atoms with E-state index >= 15 is 4.39 Å². The second kappa shape index (κ2) is 8.51. The van der Waals surface area contributed by atoms with Crippen LogP contribution < -0.4 is 15.1 Å². The second-order valence-corrected chi connectivity index (χ2v) is 10.5. The zero-order chi connectivity index (χ0) is 25.3. The molecule has 3 fully saturated rings. The number of halogens is 1. The molecule has 2 bridgehead atoms. The van der Waals surface area contributed by atoms with Crippen LogP contribution in [0.15, 0.2) is 48.5 Å². The number of phenols is 1. The van der Waals surface area contributed by atoms with Crippen LogP contribution in [0.1, 0.15) is 12.8 Å². The number of aromatic hydroxyl groups is 1. The van der Waals surface area contributed by atoms with Crippen molar-refractivity contribution < 1.29 is 19.7 Å². The summed E-state index contributed by atoms with van der Waals surface area (Å²) in [4.78, 5) is 13.4. The molecule has 1 aromatic heterocycles. The van der Waals surface area contributed by atoms with Gasteiger partial charge in [0.05, 0.1) is 12.2 Å². The molecular formula is C28H28FN5O3. The Hall–Kier alpha value is -3.53. The first kappa shape index (κ1) is 22.7. The molecule has 0 saturated carbocycles. The van der Waals surface area contributed by atoms with Crippen molar-refractivity contribution in [3.63, 3.8) is 0 Å². The molecule has 0 radical (unpaired) electrons. The maximum Gasteiger partial charge on any atom is 0.228 e. The number of β-amino-alcohol motifs (C(OH)–C–C–N with tert-alkyl or cyclic N) is 2. The van der Waals surface area contributed by atoms with Gasteiger partial charge in [0.1, 0.15) is 17.1 Å². The monoisotopic (exact) mass is 501 g/mol. The molecule has 8 nitrogen and oxygen atoms in total. The van der Waals surface area contributed by atoms with E-state index < -0.39 is 18.0 Å². The summed E-state index contributed by atoms with van der Waals surface area (Å²) < 4.78 is 16.4. The lowest BCUT2D eigenvalue weighted by molar-refractivity contribution is 0.0572. The van der Waals surface area contributed by atoms with Crippen LogP contribution in [0.2, 0.25) is 0 Å². The van der Waals surface area contributed by atoms with Crippen molar-refractivity contribution in [2.75, 3.05) is 36.0 Å². The quantitative estimate of drug-likeness (QED) is 0.340. The summed E-state index contributed by atoms with van der Waals surface area (Å²) in [5.41, 5.74) is 1.12. The minimum atomic E-state index is -0.910. The van der Waals surface area contributed by atoms with Crippen LogP contribution in [0.3, 0.4) is 0 Å². The van der Waals surface area contributed by atoms with E-state index in [0.29, 0.717) is 40.4 Å². The van der Waals surface area contributed by atoms with Crippen LogP contribution in [-0.4, -0.2) is 75.8 Å². The minimum Gasteiger partial charge on any atom is -0.508 e. The van der Waals surface area contributed by atoms with Crippen molar-refractivity contribution in [3.8, 4) is 16.9 Å². The Labute approximate surface area is 213 Å². The Kier molecular flexibility index (Phi) is 5.21. The van der Waals surface area contributed by atoms with Crippen molar-refractivity contribution in [1.82, 2.24) is 15.3 Å². The maximum atomic E-state index is 16.4. The number of rotatable bonds is 3. The number of benzene rings is 3. The van der Waals surface area contributed by atoms with Crippen LogP contribution in [0, 0.1) is 5.82 Å². The third-order valence-corrected chi connectivity index (χ3v) is 7.97. The van der Waals surface area contributed by atoms with Crippen LogP contribution in [-0.2, 0) is 0 Å². The van der Waals surface area contributed by atoms with Gasteiger partial charge in [0.25, 0.3) is 0 Å². The molecule has 3 saturated heterocycles. The van der Waals surface area contributed by atoms with Gasteiger partial charge in [-0.15, -0.1) is 0 Å². The van der Waals surface area contributed by atoms with Crippen molar-refractivity contribution in [1.29, 1.82) is 0 Å². The average molecular weight is 502 g/mol. The number of phenolic OH excluding ortho intramolecular Hbond substituents is 1. The number of fused-ring (bicyclic) bond motifs is 4. The van der Waals surface area contributed by atoms with Gasteiger partial charge in [0.15, 0.2) is 5.82 Å². The predicted octanol–water partition coefficient (Wildman–Crippen LogP) is 2.78. The lowest BCUT2D eigenvalue weighted by Crippen LogP contribution is -2.51. The normalized spacial score (nSPS) is 25.5. The molecule has 4 aromatic rings. The molecule has 37 heavy (non-hydrogen) atoms. The SMILES string of the molecule is Oc1cc(-c2ccc3c(N4CC5CCC(C4)N5)nc(N4C[C@@H](O)[C@@H](O)C4)nc3c2F)c2ccccc2c1. The Morgan fingerprint density at radius 2 is 1.54 bits per heavy atom. The first-order chi connectivity index (χ1) is 17.9. The minimum absolute atomic E-state index is 0.0635. The maximum absolute atomic E-state index is 16.4. The van der Waals surface area contributed by atoms with Gasteiger partial charge in [0.2, 0.25) is 5.95 Å². The fourth-order valence-corrected chi connectivity index (χ4v) is 6.15. The van der Waals surface area contributed by atoms with E-state index in [0.717, 1.165) is 36.7 Å². The molecule has 9 heteroatoms. The average Bonchev–Trinajstić information content (AvgIpc) is 3.42. The molecule has 190 valence electrons. The van der Waals surface area contributed by atoms with Gasteiger partial charge in [-0.3, -0.25) is 0 Å². The Balaban J connectivity index is 1.43. The molecule has 3 aliphatic rings. The highest BCUT2D eigenvalue weighted by molar-refractivity contribution is 6.01. The molecule has 4 N–H and O–H groups in total. The van der Waals surface area contributed by atoms with Gasteiger partial charge >= 0.3 is 0 Å². The first-order valence-electron chi connectivity index (χ1n) is 12.8. The first-order valence-corrected chi connectivity index (χ1v) is 12.8. The molecule has 2 unspecified atom stereocenters. The van der Waals surface area contributed by atoms with E-state index in [4.69, 9.17) is 4.98 Å². The summed E-state index contributed by atoms with van der Waals surface area (Å²) in [6, 6.07) is 15.2. The molecule has 3 aromatic carbocycles. The van der Waals surface area contributed by atoms with E-state index in [1.165, 1.54) is 0 Å². The van der Waals surface area contributed by atoms with E-state index in [-0.39, 0.29) is 24.4 Å². The summed E-state index contributed by atoms with van der Waals surface area (Å²) in [6.07, 6.45) is 0.384. The highest BCUT2D eigenvalue weighted by Crippen LogP contribution is 2.39. The van der Waals surface area contributed by atoms with Gasteiger partial charge in [-0.2, -0.15) is 4.98 Å². The van der Waals surface area contributed by atoms with E-state index in [1.807, 2.05) is 30.3 Å². The van der Waals surface area contributed by atoms with Crippen molar-refractivity contribution >= 4 is 33.4 Å². The van der Waals surface area contributed by atoms with Gasteiger partial charge < -0.3 is 30.4 Å². The van der Waals surface area contributed by atoms with Gasteiger partial charge in [-0.25, -0.2) is 9.37 Å². The van der Waals surface area contributed by atoms with Crippen LogP contribution >= 0.6 is 0 Å². The molecule has 4 atom stereocenters. The van der Waals surface area contributed by atoms with E-state index in [2.05, 4.69) is 15.2 Å². The van der Waals surface area contributed by atoms with Crippen LogP contribution in [0.25, 0.3) is 32.8 Å². The standard InChI is InChI=1S/C28H28FN5O3/c29-25-20(22-10-18(35)9-15-3-1-2-4-19(15)22)7-8-21-26(25)31-28(34-13-23(36)24(37)14-34)32-27(21)33-11-16-5-6-17(12-33)30-16/h1-4,7-10,16-17,23-24,30,35-37H,5-6,11-14H2/t16?,17?,23-,24+. The van der Waals surface area contributed by atoms with Crippen molar-refractivity contribution in [2.24, 2.45) is 0 Å². The zero-order valence-corrected chi connectivity index (χ0v) is 20.2. The number of aliphatic hydroxyl groups excluding tert-OH is 2. The van der Waals surface area contributed by atoms with Gasteiger partial charge in [-0.1, -0.05) is 30.3 Å². The molecule has 4 heterocycles. The van der Waals surface area contributed by atoms with Crippen molar-refractivity contribution in [2.45, 2.75) is 37.1 Å². The van der Waals surface area contributed by atoms with Crippen LogP contribution in [0.4, 0.5) is 16.2 Å². The number of piperazine rings is 1. The molecule has 3 aliphatic heterocycles. The lowest BCUT2D eigenvalue weighted by Gasteiger charge is -2.34. The smallest absolute Gasteiger partial charge is 0.228 e. The molecule has 0 spiro atoms. The number of anilines is 2. The number of aromatic nitrogens is 2. The van der Waals surface area contributed by atoms with Gasteiger partial charge in [-0.05, 0) is 47.4 Å². The summed E-state index contributed by atoms with van der Waals surface area (Å²) in [5.74, 6) is 0.534. The number of nitrogens with one attached hydrogen (secondary N) is 1. The Morgan fingerprint density at radius 1 is 0.811 bits per heavy atom. The fraction of sp³-hybridized carbons (Fsp3) is 0.357. The Morgan fingerprint density at radius 3 is 2.30 bits per heavy atom. The van der Waals surface area contributed by atoms with Crippen molar-refractivity contribution in [3.05, 3.63) is 54.3 Å². The molecular weight excluding hydrogens is 473 g/mol. The zero-order valence-electron chi connectivity index (χ0n) is 20.2. The summed E-state index contributed by atoms with van der Waals surface area (Å²) >= 11 is 0. The molecule has 0 aliphatic carbocycles. The highest BCUT2D eigenvalue weighted by atomic mass is 19.1. The fourth-order valence-electron chi connectivity index (χ4n) is 6.15. The second-order valence-electron chi connectivity index (χ2n) is 10.5. The molecule has 7 rings (SSSR count). The third kappa shape index (κ3) is 3.77.